The number of aromatic nitrogens is 1. The van der Waals surface area contributed by atoms with Gasteiger partial charge in [0.05, 0.1) is 23.7 Å². The number of hydrogen-bond acceptors (Lipinski definition) is 9. The summed E-state index contributed by atoms with van der Waals surface area (Å²) in [6, 6.07) is 18.0. The molecule has 1 aromatic heterocycles. The number of aliphatic hydroxyl groups excluding tert-OH is 1. The number of hydrogen-bond donors (Lipinski definition) is 4. The molecule has 3 aromatic rings. The van der Waals surface area contributed by atoms with Crippen molar-refractivity contribution in [1.29, 1.82) is 0 Å². The van der Waals surface area contributed by atoms with Gasteiger partial charge in [-0.2, -0.15) is 0 Å². The Bertz CT molecular complexity index is 1040. The molecule has 5 N–H and O–H groups in total. The number of thiazole rings is 1. The summed E-state index contributed by atoms with van der Waals surface area (Å²) >= 11 is 3.27. The summed E-state index contributed by atoms with van der Waals surface area (Å²) in [6.07, 6.45) is 2.10. The van der Waals surface area contributed by atoms with Crippen LogP contribution in [0.25, 0.3) is 5.70 Å². The molecule has 0 bridgehead atoms. The summed E-state index contributed by atoms with van der Waals surface area (Å²) < 4.78 is 8.18. The van der Waals surface area contributed by atoms with Crippen LogP contribution in [0.4, 0.5) is 5.13 Å². The number of fused-ring (bicyclic) bond motifs is 1. The number of nitrogens with two attached hydrogens (primary N) is 1. The number of benzene rings is 2. The first kappa shape index (κ1) is 22.5. The van der Waals surface area contributed by atoms with E-state index in [1.807, 2.05) is 42.5 Å². The van der Waals surface area contributed by atoms with Crippen LogP contribution in [0.15, 0.2) is 60.8 Å². The highest BCUT2D eigenvalue weighted by Crippen LogP contribution is 2.34. The Labute approximate surface area is 196 Å². The summed E-state index contributed by atoms with van der Waals surface area (Å²) in [6.45, 7) is 2.99. The zero-order valence-corrected chi connectivity index (χ0v) is 19.3. The predicted molar refractivity (Wildman–Crippen MR) is 132 cm³/mol. The summed E-state index contributed by atoms with van der Waals surface area (Å²) in [5.74, 6) is 2.48. The van der Waals surface area contributed by atoms with Gasteiger partial charge in [-0.25, -0.2) is 4.98 Å². The Kier molecular flexibility index (Phi) is 7.89. The van der Waals surface area contributed by atoms with E-state index in [0.717, 1.165) is 53.2 Å². The molecule has 2 heterocycles. The fraction of sp³-hybridized carbons (Fsp3) is 0.261. The van der Waals surface area contributed by atoms with Crippen molar-refractivity contribution < 1.29 is 9.84 Å². The second kappa shape index (κ2) is 11.2. The van der Waals surface area contributed by atoms with E-state index in [1.54, 1.807) is 11.9 Å². The topological polar surface area (TPSA) is 95.7 Å². The first-order valence-corrected chi connectivity index (χ1v) is 12.2. The number of nitrogens with one attached hydrogen (secondary N) is 2. The lowest BCUT2D eigenvalue weighted by Gasteiger charge is -2.25. The predicted octanol–water partition coefficient (Wildman–Crippen LogP) is 3.65. The van der Waals surface area contributed by atoms with E-state index < -0.39 is 0 Å². The van der Waals surface area contributed by atoms with Gasteiger partial charge in [-0.05, 0) is 41.8 Å². The fourth-order valence-corrected chi connectivity index (χ4v) is 5.08. The van der Waals surface area contributed by atoms with Crippen LogP contribution in [0.2, 0.25) is 0 Å². The van der Waals surface area contributed by atoms with Gasteiger partial charge in [0.25, 0.3) is 0 Å². The Morgan fingerprint density at radius 3 is 2.78 bits per heavy atom. The number of ether oxygens (including phenoxy) is 1. The van der Waals surface area contributed by atoms with Crippen LogP contribution in [0.3, 0.4) is 0 Å². The Morgan fingerprint density at radius 2 is 1.94 bits per heavy atom. The molecular weight excluding hydrogens is 442 g/mol. The van der Waals surface area contributed by atoms with Gasteiger partial charge in [-0.15, -0.1) is 0 Å². The Balaban J connectivity index is 1.38. The number of para-hydroxylation sites is 1. The third kappa shape index (κ3) is 6.17. The summed E-state index contributed by atoms with van der Waals surface area (Å²) in [5.41, 5.74) is 9.07. The molecule has 0 amide bonds. The smallest absolute Gasteiger partial charge is 0.180 e. The standard InChI is InChI=1S/C23H27N5O2S2/c24-23-27-22-20(26-10-9-25-11-12-29)14-28(15-21(22)32-23)31-16-17-5-4-8-19(13-17)30-18-6-2-1-3-7-18/h1-8,13-14,25-26,29H,9-12,15-16H2,(H2,24,27). The minimum atomic E-state index is 0.136. The minimum absolute atomic E-state index is 0.136. The number of anilines is 1. The van der Waals surface area contributed by atoms with E-state index in [0.29, 0.717) is 11.7 Å². The molecule has 0 unspecified atom stereocenters. The molecule has 2 aromatic carbocycles. The minimum Gasteiger partial charge on any atom is -0.457 e. The number of nitrogen functional groups attached to an aromatic ring is 1. The van der Waals surface area contributed by atoms with Crippen LogP contribution in [0.5, 0.6) is 11.5 Å². The molecule has 0 spiro atoms. The van der Waals surface area contributed by atoms with Gasteiger partial charge >= 0.3 is 0 Å². The van der Waals surface area contributed by atoms with Crippen LogP contribution in [-0.2, 0) is 12.3 Å². The zero-order valence-electron chi connectivity index (χ0n) is 17.7. The van der Waals surface area contributed by atoms with Crippen LogP contribution in [-0.4, -0.2) is 40.6 Å². The highest BCUT2D eigenvalue weighted by atomic mass is 32.2. The largest absolute Gasteiger partial charge is 0.457 e. The van der Waals surface area contributed by atoms with Crippen molar-refractivity contribution >= 4 is 34.1 Å². The first-order valence-electron chi connectivity index (χ1n) is 10.5. The summed E-state index contributed by atoms with van der Waals surface area (Å²) in [4.78, 5) is 5.66. The Hall–Kier alpha value is -2.72. The number of nitrogens with zero attached hydrogens (tertiary/aromatic N) is 2. The molecule has 1 aliphatic rings. The molecule has 32 heavy (non-hydrogen) atoms. The van der Waals surface area contributed by atoms with Crippen molar-refractivity contribution in [3.05, 3.63) is 76.9 Å². The van der Waals surface area contributed by atoms with Gasteiger partial charge in [0.1, 0.15) is 17.2 Å². The van der Waals surface area contributed by atoms with E-state index >= 15 is 0 Å². The first-order chi connectivity index (χ1) is 15.7. The average Bonchev–Trinajstić information content (AvgIpc) is 3.19. The van der Waals surface area contributed by atoms with Crippen molar-refractivity contribution in [2.45, 2.75) is 12.3 Å². The normalized spacial score (nSPS) is 12.9. The molecule has 7 nitrogen and oxygen atoms in total. The maximum atomic E-state index is 8.89. The SMILES string of the molecule is Nc1nc2c(s1)CN(SCc1cccc(Oc3ccccc3)c1)C=C2NCCNCCO. The van der Waals surface area contributed by atoms with Crippen LogP contribution < -0.4 is 21.1 Å². The molecule has 1 aliphatic heterocycles. The van der Waals surface area contributed by atoms with Gasteiger partial charge in [-0.1, -0.05) is 41.7 Å². The van der Waals surface area contributed by atoms with E-state index in [4.69, 9.17) is 15.6 Å². The fourth-order valence-electron chi connectivity index (χ4n) is 3.26. The van der Waals surface area contributed by atoms with E-state index in [2.05, 4.69) is 38.3 Å². The van der Waals surface area contributed by atoms with E-state index in [1.165, 1.54) is 16.9 Å². The zero-order chi connectivity index (χ0) is 22.2. The maximum Gasteiger partial charge on any atom is 0.180 e. The highest BCUT2D eigenvalue weighted by molar-refractivity contribution is 7.96. The molecule has 0 saturated heterocycles. The lowest BCUT2D eigenvalue weighted by Crippen LogP contribution is -2.30. The van der Waals surface area contributed by atoms with Gasteiger partial charge in [0.15, 0.2) is 5.13 Å². The molecule has 0 fully saturated rings. The summed E-state index contributed by atoms with van der Waals surface area (Å²) in [5, 5.41) is 16.1. The number of aliphatic hydroxyl groups is 1. The monoisotopic (exact) mass is 469 g/mol. The number of rotatable bonds is 11. The lowest BCUT2D eigenvalue weighted by atomic mass is 10.2. The third-order valence-electron chi connectivity index (χ3n) is 4.72. The average molecular weight is 470 g/mol. The van der Waals surface area contributed by atoms with Crippen LogP contribution in [0.1, 0.15) is 16.1 Å². The molecule has 4 rings (SSSR count). The van der Waals surface area contributed by atoms with Crippen LogP contribution in [0, 0.1) is 0 Å². The van der Waals surface area contributed by atoms with Crippen LogP contribution >= 0.6 is 23.3 Å². The molecule has 9 heteroatoms. The van der Waals surface area contributed by atoms with Crippen molar-refractivity contribution in [3.8, 4) is 11.5 Å². The molecule has 0 saturated carbocycles. The van der Waals surface area contributed by atoms with Gasteiger partial charge in [0, 0.05) is 31.6 Å². The molecular formula is C23H27N5O2S2. The molecule has 0 aliphatic carbocycles. The van der Waals surface area contributed by atoms with E-state index in [9.17, 15) is 0 Å². The van der Waals surface area contributed by atoms with Crippen molar-refractivity contribution in [1.82, 2.24) is 19.9 Å². The molecule has 0 radical (unpaired) electrons. The quantitative estimate of drug-likeness (QED) is 0.250. The van der Waals surface area contributed by atoms with Gasteiger partial charge in [-0.3, -0.25) is 0 Å². The summed E-state index contributed by atoms with van der Waals surface area (Å²) in [7, 11) is 0. The van der Waals surface area contributed by atoms with Gasteiger partial charge < -0.3 is 30.5 Å². The van der Waals surface area contributed by atoms with E-state index in [-0.39, 0.29) is 6.61 Å². The highest BCUT2D eigenvalue weighted by Gasteiger charge is 2.22. The van der Waals surface area contributed by atoms with Gasteiger partial charge in [0.2, 0.25) is 0 Å². The molecule has 168 valence electrons. The lowest BCUT2D eigenvalue weighted by molar-refractivity contribution is 0.293. The maximum absolute atomic E-state index is 8.89. The second-order valence-corrected chi connectivity index (χ2v) is 9.31. The van der Waals surface area contributed by atoms with Crippen molar-refractivity contribution in [2.75, 3.05) is 32.0 Å². The third-order valence-corrected chi connectivity index (χ3v) is 6.62. The Morgan fingerprint density at radius 1 is 1.09 bits per heavy atom. The second-order valence-electron chi connectivity index (χ2n) is 7.18. The molecule has 0 atom stereocenters. The van der Waals surface area contributed by atoms with Crippen molar-refractivity contribution in [3.63, 3.8) is 0 Å². The van der Waals surface area contributed by atoms with Crippen molar-refractivity contribution in [2.24, 2.45) is 0 Å².